The van der Waals surface area contributed by atoms with Gasteiger partial charge in [0.1, 0.15) is 5.75 Å². The molecule has 0 aromatic heterocycles. The average molecular weight is 268 g/mol. The summed E-state index contributed by atoms with van der Waals surface area (Å²) in [7, 11) is 1.43. The van der Waals surface area contributed by atoms with Gasteiger partial charge in [-0.25, -0.2) is 0 Å². The van der Waals surface area contributed by atoms with Crippen molar-refractivity contribution in [2.45, 2.75) is 25.1 Å². The van der Waals surface area contributed by atoms with Crippen LogP contribution in [0.4, 0.5) is 13.2 Å². The van der Waals surface area contributed by atoms with Crippen LogP contribution >= 0.6 is 11.6 Å². The van der Waals surface area contributed by atoms with Crippen LogP contribution in [0, 0.1) is 0 Å². The second-order valence-electron chi connectivity index (χ2n) is 3.65. The Morgan fingerprint density at radius 2 is 2.06 bits per heavy atom. The lowest BCUT2D eigenvalue weighted by atomic mass is 10.0. The van der Waals surface area contributed by atoms with Gasteiger partial charge in [-0.3, -0.25) is 0 Å². The molecule has 0 bridgehead atoms. The SMILES string of the molecule is COc1ccc(Cl)cc1[C@H](N)CCC(F)(F)F. The van der Waals surface area contributed by atoms with Gasteiger partial charge in [-0.15, -0.1) is 0 Å². The van der Waals surface area contributed by atoms with Crippen LogP contribution in [0.15, 0.2) is 18.2 Å². The highest BCUT2D eigenvalue weighted by atomic mass is 35.5. The molecule has 2 N–H and O–H groups in total. The van der Waals surface area contributed by atoms with Crippen molar-refractivity contribution in [1.29, 1.82) is 0 Å². The predicted octanol–water partition coefficient (Wildman–Crippen LogP) is 3.69. The zero-order chi connectivity index (χ0) is 13.1. The topological polar surface area (TPSA) is 35.2 Å². The Morgan fingerprint density at radius 3 is 2.59 bits per heavy atom. The molecule has 0 aliphatic carbocycles. The number of halogens is 4. The van der Waals surface area contributed by atoms with Gasteiger partial charge >= 0.3 is 6.18 Å². The van der Waals surface area contributed by atoms with Crippen LogP contribution in [-0.4, -0.2) is 13.3 Å². The summed E-state index contributed by atoms with van der Waals surface area (Å²) in [6.45, 7) is 0. The summed E-state index contributed by atoms with van der Waals surface area (Å²) in [6.07, 6.45) is -5.33. The fraction of sp³-hybridized carbons (Fsp3) is 0.455. The van der Waals surface area contributed by atoms with Crippen molar-refractivity contribution in [3.05, 3.63) is 28.8 Å². The molecule has 0 radical (unpaired) electrons. The first-order valence-corrected chi connectivity index (χ1v) is 5.37. The lowest BCUT2D eigenvalue weighted by Crippen LogP contribution is -2.16. The van der Waals surface area contributed by atoms with E-state index in [0.29, 0.717) is 16.3 Å². The minimum Gasteiger partial charge on any atom is -0.496 e. The molecule has 1 atom stereocenters. The molecule has 0 saturated carbocycles. The predicted molar refractivity (Wildman–Crippen MR) is 60.2 cm³/mol. The highest BCUT2D eigenvalue weighted by Crippen LogP contribution is 2.32. The van der Waals surface area contributed by atoms with Crippen LogP contribution in [0.3, 0.4) is 0 Å². The standard InChI is InChI=1S/C11H13ClF3NO/c1-17-10-3-2-7(12)6-8(10)9(16)4-5-11(13,14)15/h2-3,6,9H,4-5,16H2,1H3/t9-/m1/s1. The molecule has 1 aromatic carbocycles. The Morgan fingerprint density at radius 1 is 1.41 bits per heavy atom. The molecule has 0 aliphatic heterocycles. The maximum atomic E-state index is 12.1. The van der Waals surface area contributed by atoms with E-state index in [9.17, 15) is 13.2 Å². The first-order chi connectivity index (χ1) is 7.83. The lowest BCUT2D eigenvalue weighted by molar-refractivity contribution is -0.136. The minimum atomic E-state index is -4.20. The molecule has 0 unspecified atom stereocenters. The van der Waals surface area contributed by atoms with Crippen LogP contribution in [0.5, 0.6) is 5.75 Å². The summed E-state index contributed by atoms with van der Waals surface area (Å²) >= 11 is 5.77. The van der Waals surface area contributed by atoms with Crippen LogP contribution in [0.1, 0.15) is 24.4 Å². The summed E-state index contributed by atoms with van der Waals surface area (Å²) in [5.74, 6) is 0.448. The summed E-state index contributed by atoms with van der Waals surface area (Å²) in [4.78, 5) is 0. The van der Waals surface area contributed by atoms with Gasteiger partial charge in [0.2, 0.25) is 0 Å². The summed E-state index contributed by atoms with van der Waals surface area (Å²) in [5.41, 5.74) is 6.20. The van der Waals surface area contributed by atoms with Gasteiger partial charge in [-0.05, 0) is 24.6 Å². The fourth-order valence-corrected chi connectivity index (χ4v) is 1.65. The maximum absolute atomic E-state index is 12.1. The van der Waals surface area contributed by atoms with E-state index in [0.717, 1.165) is 0 Å². The molecule has 0 amide bonds. The van der Waals surface area contributed by atoms with Crippen molar-refractivity contribution in [3.8, 4) is 5.75 Å². The molecule has 6 heteroatoms. The molecule has 1 aromatic rings. The van der Waals surface area contributed by atoms with E-state index in [1.165, 1.54) is 13.2 Å². The Hall–Kier alpha value is -0.940. The molecule has 0 spiro atoms. The largest absolute Gasteiger partial charge is 0.496 e. The normalized spacial score (nSPS) is 13.5. The summed E-state index contributed by atoms with van der Waals surface area (Å²) in [5, 5.41) is 0.420. The Bertz CT molecular complexity index is 381. The van der Waals surface area contributed by atoms with Crippen LogP contribution in [0.25, 0.3) is 0 Å². The van der Waals surface area contributed by atoms with Gasteiger partial charge in [-0.1, -0.05) is 11.6 Å². The first-order valence-electron chi connectivity index (χ1n) is 4.99. The van der Waals surface area contributed by atoms with Crippen molar-refractivity contribution in [2.75, 3.05) is 7.11 Å². The van der Waals surface area contributed by atoms with Gasteiger partial charge in [0, 0.05) is 23.0 Å². The van der Waals surface area contributed by atoms with Crippen molar-refractivity contribution in [2.24, 2.45) is 5.73 Å². The van der Waals surface area contributed by atoms with E-state index in [2.05, 4.69) is 0 Å². The molecule has 0 heterocycles. The number of rotatable bonds is 4. The van der Waals surface area contributed by atoms with E-state index in [-0.39, 0.29) is 6.42 Å². The van der Waals surface area contributed by atoms with Gasteiger partial charge in [0.05, 0.1) is 7.11 Å². The molecule has 0 aliphatic rings. The van der Waals surface area contributed by atoms with Crippen molar-refractivity contribution in [3.63, 3.8) is 0 Å². The van der Waals surface area contributed by atoms with Crippen molar-refractivity contribution in [1.82, 2.24) is 0 Å². The van der Waals surface area contributed by atoms with E-state index in [4.69, 9.17) is 22.1 Å². The smallest absolute Gasteiger partial charge is 0.389 e. The highest BCUT2D eigenvalue weighted by Gasteiger charge is 2.28. The molecule has 0 saturated heterocycles. The van der Waals surface area contributed by atoms with Gasteiger partial charge in [0.25, 0.3) is 0 Å². The van der Waals surface area contributed by atoms with Crippen molar-refractivity contribution >= 4 is 11.6 Å². The summed E-state index contributed by atoms with van der Waals surface area (Å²) < 4.78 is 41.3. The third kappa shape index (κ3) is 4.44. The first kappa shape index (κ1) is 14.1. The number of methoxy groups -OCH3 is 1. The summed E-state index contributed by atoms with van der Waals surface area (Å²) in [6, 6.07) is 3.97. The molecule has 0 fully saturated rings. The van der Waals surface area contributed by atoms with Crippen LogP contribution in [-0.2, 0) is 0 Å². The van der Waals surface area contributed by atoms with E-state index in [1.54, 1.807) is 12.1 Å². The molecular formula is C11H13ClF3NO. The minimum absolute atomic E-state index is 0.194. The van der Waals surface area contributed by atoms with Crippen LogP contribution < -0.4 is 10.5 Å². The average Bonchev–Trinajstić information content (AvgIpc) is 2.25. The monoisotopic (exact) mass is 267 g/mol. The second kappa shape index (κ2) is 5.60. The number of ether oxygens (including phenoxy) is 1. The van der Waals surface area contributed by atoms with E-state index >= 15 is 0 Å². The highest BCUT2D eigenvalue weighted by molar-refractivity contribution is 6.30. The number of nitrogens with two attached hydrogens (primary N) is 1. The fourth-order valence-electron chi connectivity index (χ4n) is 1.47. The van der Waals surface area contributed by atoms with Crippen molar-refractivity contribution < 1.29 is 17.9 Å². The molecule has 96 valence electrons. The second-order valence-corrected chi connectivity index (χ2v) is 4.08. The number of benzene rings is 1. The Balaban J connectivity index is 2.80. The van der Waals surface area contributed by atoms with Crippen LogP contribution in [0.2, 0.25) is 5.02 Å². The van der Waals surface area contributed by atoms with Gasteiger partial charge in [0.15, 0.2) is 0 Å². The number of hydrogen-bond donors (Lipinski definition) is 1. The number of alkyl halides is 3. The van der Waals surface area contributed by atoms with Gasteiger partial charge < -0.3 is 10.5 Å². The van der Waals surface area contributed by atoms with E-state index in [1.807, 2.05) is 0 Å². The molecule has 1 rings (SSSR count). The molecule has 2 nitrogen and oxygen atoms in total. The quantitative estimate of drug-likeness (QED) is 0.903. The maximum Gasteiger partial charge on any atom is 0.389 e. The zero-order valence-corrected chi connectivity index (χ0v) is 9.98. The third-order valence-electron chi connectivity index (χ3n) is 2.33. The van der Waals surface area contributed by atoms with E-state index < -0.39 is 18.6 Å². The molecule has 17 heavy (non-hydrogen) atoms. The van der Waals surface area contributed by atoms with Gasteiger partial charge in [-0.2, -0.15) is 13.2 Å². The Labute approximate surface area is 103 Å². The third-order valence-corrected chi connectivity index (χ3v) is 2.57. The Kier molecular flexibility index (Phi) is 4.65. The number of hydrogen-bond acceptors (Lipinski definition) is 2. The lowest BCUT2D eigenvalue weighted by Gasteiger charge is -2.16. The zero-order valence-electron chi connectivity index (χ0n) is 9.22. The molecular weight excluding hydrogens is 255 g/mol.